The molecule has 0 spiro atoms. The first-order valence-electron chi connectivity index (χ1n) is 4.74. The van der Waals surface area contributed by atoms with Crippen LogP contribution in [0.3, 0.4) is 0 Å². The zero-order valence-corrected chi connectivity index (χ0v) is 12.2. The molecule has 1 fully saturated rings. The molecule has 1 saturated heterocycles. The Hall–Kier alpha value is -0.590. The van der Waals surface area contributed by atoms with Gasteiger partial charge in [-0.25, -0.2) is 12.7 Å². The molecule has 1 amide bonds. The van der Waals surface area contributed by atoms with E-state index in [0.29, 0.717) is 15.2 Å². The van der Waals surface area contributed by atoms with E-state index in [9.17, 15) is 13.2 Å². The van der Waals surface area contributed by atoms with Crippen molar-refractivity contribution in [2.24, 2.45) is 0 Å². The number of anilines is 1. The highest BCUT2D eigenvalue weighted by molar-refractivity contribution is 9.10. The van der Waals surface area contributed by atoms with Gasteiger partial charge in [0.15, 0.2) is 4.75 Å². The first-order chi connectivity index (χ1) is 7.69. The number of sulfonamides is 1. The van der Waals surface area contributed by atoms with Gasteiger partial charge in [-0.3, -0.25) is 4.79 Å². The van der Waals surface area contributed by atoms with Crippen molar-refractivity contribution >= 4 is 49.1 Å². The maximum atomic E-state index is 11.9. The summed E-state index contributed by atoms with van der Waals surface area (Å²) in [7, 11) is -3.61. The van der Waals surface area contributed by atoms with E-state index in [2.05, 4.69) is 15.9 Å². The molecule has 0 saturated carbocycles. The lowest BCUT2D eigenvalue weighted by Gasteiger charge is -2.42. The molecule has 0 bridgehead atoms. The number of rotatable bonds is 1. The Morgan fingerprint density at radius 3 is 2.41 bits per heavy atom. The predicted octanol–water partition coefficient (Wildman–Crippen LogP) is 2.56. The number of amides is 1. The molecule has 1 aromatic carbocycles. The maximum absolute atomic E-state index is 11.9. The van der Waals surface area contributed by atoms with Crippen LogP contribution in [0.4, 0.5) is 5.69 Å². The van der Waals surface area contributed by atoms with Crippen LogP contribution in [-0.4, -0.2) is 19.1 Å². The van der Waals surface area contributed by atoms with Gasteiger partial charge in [-0.1, -0.05) is 11.6 Å². The monoisotopic (exact) mass is 337 g/mol. The van der Waals surface area contributed by atoms with E-state index in [1.165, 1.54) is 32.0 Å². The van der Waals surface area contributed by atoms with E-state index in [-0.39, 0.29) is 0 Å². The molecular formula is C10H9BrClNO3S. The summed E-state index contributed by atoms with van der Waals surface area (Å²) in [6.45, 7) is 2.79. The van der Waals surface area contributed by atoms with Gasteiger partial charge in [-0.05, 0) is 48.0 Å². The smallest absolute Gasteiger partial charge is 0.263 e. The first kappa shape index (κ1) is 12.9. The summed E-state index contributed by atoms with van der Waals surface area (Å²) in [5, 5.41) is 0.457. The van der Waals surface area contributed by atoms with Gasteiger partial charge in [0.05, 0.1) is 10.7 Å². The second-order valence-electron chi connectivity index (χ2n) is 4.18. The van der Waals surface area contributed by atoms with Gasteiger partial charge in [-0.15, -0.1) is 0 Å². The van der Waals surface area contributed by atoms with Crippen LogP contribution >= 0.6 is 27.5 Å². The molecule has 2 rings (SSSR count). The summed E-state index contributed by atoms with van der Waals surface area (Å²) >= 11 is 9.00. The normalized spacial score (nSPS) is 21.2. The highest BCUT2D eigenvalue weighted by atomic mass is 79.9. The lowest BCUT2D eigenvalue weighted by molar-refractivity contribution is -0.120. The summed E-state index contributed by atoms with van der Waals surface area (Å²) in [5.74, 6) is -0.438. The molecule has 92 valence electrons. The minimum Gasteiger partial charge on any atom is -0.272 e. The predicted molar refractivity (Wildman–Crippen MR) is 69.6 cm³/mol. The second kappa shape index (κ2) is 3.70. The average molecular weight is 339 g/mol. The van der Waals surface area contributed by atoms with Crippen molar-refractivity contribution in [3.63, 3.8) is 0 Å². The summed E-state index contributed by atoms with van der Waals surface area (Å²) in [6.07, 6.45) is 0. The third kappa shape index (κ3) is 1.62. The molecule has 0 N–H and O–H groups in total. The third-order valence-electron chi connectivity index (χ3n) is 2.72. The zero-order valence-electron chi connectivity index (χ0n) is 9.07. The largest absolute Gasteiger partial charge is 0.272 e. The number of carbonyl (C=O) groups excluding carboxylic acids is 1. The van der Waals surface area contributed by atoms with Crippen LogP contribution in [0.25, 0.3) is 0 Å². The number of carbonyl (C=O) groups is 1. The topological polar surface area (TPSA) is 54.5 Å². The van der Waals surface area contributed by atoms with E-state index >= 15 is 0 Å². The molecule has 1 aliphatic rings. The van der Waals surface area contributed by atoms with E-state index in [1.54, 1.807) is 0 Å². The Morgan fingerprint density at radius 1 is 1.35 bits per heavy atom. The lowest BCUT2D eigenvalue weighted by Crippen LogP contribution is -2.67. The Labute approximate surface area is 113 Å². The number of benzene rings is 1. The summed E-state index contributed by atoms with van der Waals surface area (Å²) in [6, 6.07) is 4.54. The van der Waals surface area contributed by atoms with Gasteiger partial charge in [0, 0.05) is 4.47 Å². The Morgan fingerprint density at radius 2 is 1.94 bits per heavy atom. The third-order valence-corrected chi connectivity index (χ3v) is 6.26. The van der Waals surface area contributed by atoms with Crippen molar-refractivity contribution in [3.8, 4) is 0 Å². The van der Waals surface area contributed by atoms with Gasteiger partial charge >= 0.3 is 0 Å². The molecule has 1 aliphatic heterocycles. The number of halogens is 2. The molecule has 7 heteroatoms. The Kier molecular flexibility index (Phi) is 2.80. The number of nitrogens with zero attached hydrogens (tertiary/aromatic N) is 1. The van der Waals surface area contributed by atoms with Crippen molar-refractivity contribution in [1.82, 2.24) is 0 Å². The van der Waals surface area contributed by atoms with Crippen LogP contribution in [0, 0.1) is 0 Å². The fraction of sp³-hybridized carbons (Fsp3) is 0.300. The fourth-order valence-corrected chi connectivity index (χ4v) is 3.48. The minimum absolute atomic E-state index is 0.297. The molecule has 1 aromatic rings. The summed E-state index contributed by atoms with van der Waals surface area (Å²) in [5.41, 5.74) is 0.297. The molecule has 0 radical (unpaired) electrons. The van der Waals surface area contributed by atoms with Crippen molar-refractivity contribution in [2.45, 2.75) is 18.6 Å². The molecule has 0 unspecified atom stereocenters. The van der Waals surface area contributed by atoms with Gasteiger partial charge in [0.2, 0.25) is 0 Å². The number of hydrogen-bond acceptors (Lipinski definition) is 3. The van der Waals surface area contributed by atoms with Crippen LogP contribution in [0.1, 0.15) is 13.8 Å². The van der Waals surface area contributed by atoms with Crippen LogP contribution in [-0.2, 0) is 14.8 Å². The molecule has 1 heterocycles. The zero-order chi connectivity index (χ0) is 13.0. The van der Waals surface area contributed by atoms with Gasteiger partial charge in [-0.2, -0.15) is 0 Å². The first-order valence-corrected chi connectivity index (χ1v) is 7.35. The minimum atomic E-state index is -3.61. The van der Waals surface area contributed by atoms with Crippen LogP contribution in [0.2, 0.25) is 5.02 Å². The van der Waals surface area contributed by atoms with Crippen molar-refractivity contribution < 1.29 is 13.2 Å². The highest BCUT2D eigenvalue weighted by Gasteiger charge is 2.60. The summed E-state index contributed by atoms with van der Waals surface area (Å²) in [4.78, 5) is 11.8. The second-order valence-corrected chi connectivity index (χ2v) is 7.78. The Balaban J connectivity index is 2.51. The fourth-order valence-electron chi connectivity index (χ4n) is 1.52. The summed E-state index contributed by atoms with van der Waals surface area (Å²) < 4.78 is 23.9. The SMILES string of the molecule is CC1(C)C(=O)N(c2ccc(Cl)c(Br)c2)S1(=O)=O. The molecule has 0 aliphatic carbocycles. The van der Waals surface area contributed by atoms with Crippen molar-refractivity contribution in [1.29, 1.82) is 0 Å². The van der Waals surface area contributed by atoms with E-state index in [1.807, 2.05) is 0 Å². The van der Waals surface area contributed by atoms with Crippen LogP contribution in [0.5, 0.6) is 0 Å². The molecule has 17 heavy (non-hydrogen) atoms. The standard InChI is InChI=1S/C10H9BrClNO3S/c1-10(2)9(14)13(17(10,15)16)6-3-4-8(12)7(11)5-6/h3-5H,1-2H3. The molecular weight excluding hydrogens is 330 g/mol. The number of hydrogen-bond donors (Lipinski definition) is 0. The quantitative estimate of drug-likeness (QED) is 0.791. The molecule has 4 nitrogen and oxygen atoms in total. The highest BCUT2D eigenvalue weighted by Crippen LogP contribution is 2.40. The Bertz CT molecular complexity index is 612. The van der Waals surface area contributed by atoms with Crippen LogP contribution in [0.15, 0.2) is 22.7 Å². The lowest BCUT2D eigenvalue weighted by atomic mass is 10.1. The van der Waals surface area contributed by atoms with Gasteiger partial charge in [0.1, 0.15) is 0 Å². The van der Waals surface area contributed by atoms with Gasteiger partial charge in [0.25, 0.3) is 15.9 Å². The maximum Gasteiger partial charge on any atom is 0.263 e. The van der Waals surface area contributed by atoms with Crippen LogP contribution < -0.4 is 4.31 Å². The molecule has 0 atom stereocenters. The molecule has 0 aromatic heterocycles. The van der Waals surface area contributed by atoms with E-state index in [0.717, 1.165) is 4.31 Å². The van der Waals surface area contributed by atoms with Crippen molar-refractivity contribution in [3.05, 3.63) is 27.7 Å². The van der Waals surface area contributed by atoms with E-state index < -0.39 is 20.7 Å². The van der Waals surface area contributed by atoms with Crippen molar-refractivity contribution in [2.75, 3.05) is 4.31 Å². The van der Waals surface area contributed by atoms with E-state index in [4.69, 9.17) is 11.6 Å². The van der Waals surface area contributed by atoms with Gasteiger partial charge < -0.3 is 0 Å². The average Bonchev–Trinajstić information content (AvgIpc) is 2.23.